The molecule has 0 unspecified atom stereocenters. The van der Waals surface area contributed by atoms with Crippen molar-refractivity contribution < 1.29 is 14.6 Å². The Morgan fingerprint density at radius 2 is 2.21 bits per heavy atom. The van der Waals surface area contributed by atoms with Crippen molar-refractivity contribution in [3.63, 3.8) is 0 Å². The third kappa shape index (κ3) is 3.71. The SMILES string of the molecule is Cc1ccc(O)c(C)c1NC(=O)c1cnc(Nc2ccn([C@H]3CCOC3)n2)s1. The van der Waals surface area contributed by atoms with Crippen molar-refractivity contribution in [1.29, 1.82) is 0 Å². The summed E-state index contributed by atoms with van der Waals surface area (Å²) in [6.07, 6.45) is 4.39. The van der Waals surface area contributed by atoms with E-state index in [0.717, 1.165) is 18.6 Å². The molecule has 1 fully saturated rings. The molecule has 1 aromatic carbocycles. The highest BCUT2D eigenvalue weighted by Crippen LogP contribution is 2.29. The van der Waals surface area contributed by atoms with Gasteiger partial charge < -0.3 is 20.5 Å². The van der Waals surface area contributed by atoms with Gasteiger partial charge in [0.15, 0.2) is 10.9 Å². The predicted octanol–water partition coefficient (Wildman–Crippen LogP) is 3.62. The normalized spacial score (nSPS) is 16.3. The van der Waals surface area contributed by atoms with Gasteiger partial charge in [-0.05, 0) is 31.9 Å². The summed E-state index contributed by atoms with van der Waals surface area (Å²) in [6.45, 7) is 5.09. The number of nitrogens with one attached hydrogen (secondary N) is 2. The van der Waals surface area contributed by atoms with Crippen LogP contribution < -0.4 is 10.6 Å². The molecule has 8 nitrogen and oxygen atoms in total. The largest absolute Gasteiger partial charge is 0.508 e. The maximum absolute atomic E-state index is 12.6. The summed E-state index contributed by atoms with van der Waals surface area (Å²) in [5, 5.41) is 21.0. The number of anilines is 3. The predicted molar refractivity (Wildman–Crippen MR) is 108 cm³/mol. The van der Waals surface area contributed by atoms with E-state index in [2.05, 4.69) is 20.7 Å². The maximum atomic E-state index is 12.6. The second-order valence-electron chi connectivity index (χ2n) is 6.71. The number of carbonyl (C=O) groups is 1. The molecule has 0 bridgehead atoms. The number of rotatable bonds is 5. The topological polar surface area (TPSA) is 101 Å². The quantitative estimate of drug-likeness (QED) is 0.606. The molecule has 3 N–H and O–H groups in total. The van der Waals surface area contributed by atoms with E-state index in [1.54, 1.807) is 19.1 Å². The zero-order valence-corrected chi connectivity index (χ0v) is 16.4. The smallest absolute Gasteiger partial charge is 0.267 e. The van der Waals surface area contributed by atoms with Crippen LogP contribution in [0.3, 0.4) is 0 Å². The summed E-state index contributed by atoms with van der Waals surface area (Å²) < 4.78 is 7.28. The number of ether oxygens (including phenoxy) is 1. The number of hydrogen-bond acceptors (Lipinski definition) is 7. The van der Waals surface area contributed by atoms with Crippen molar-refractivity contribution >= 4 is 33.9 Å². The molecule has 146 valence electrons. The molecule has 2 aromatic heterocycles. The maximum Gasteiger partial charge on any atom is 0.267 e. The Bertz CT molecular complexity index is 1010. The Hall–Kier alpha value is -2.91. The molecule has 0 saturated carbocycles. The lowest BCUT2D eigenvalue weighted by molar-refractivity contribution is 0.103. The number of aryl methyl sites for hydroxylation is 1. The van der Waals surface area contributed by atoms with Gasteiger partial charge in [-0.25, -0.2) is 4.98 Å². The van der Waals surface area contributed by atoms with E-state index in [-0.39, 0.29) is 17.7 Å². The van der Waals surface area contributed by atoms with E-state index in [1.165, 1.54) is 17.5 Å². The van der Waals surface area contributed by atoms with Gasteiger partial charge in [-0.15, -0.1) is 0 Å². The Morgan fingerprint density at radius 1 is 1.36 bits per heavy atom. The second kappa shape index (κ2) is 7.61. The minimum absolute atomic E-state index is 0.149. The fraction of sp³-hybridized carbons (Fsp3) is 0.316. The van der Waals surface area contributed by atoms with Crippen LogP contribution in [0.4, 0.5) is 16.6 Å². The van der Waals surface area contributed by atoms with Crippen LogP contribution in [-0.2, 0) is 4.74 Å². The molecule has 1 saturated heterocycles. The fourth-order valence-corrected chi connectivity index (χ4v) is 3.81. The van der Waals surface area contributed by atoms with Crippen molar-refractivity contribution in [2.24, 2.45) is 0 Å². The van der Waals surface area contributed by atoms with E-state index < -0.39 is 0 Å². The molecule has 28 heavy (non-hydrogen) atoms. The van der Waals surface area contributed by atoms with Gasteiger partial charge in [-0.1, -0.05) is 17.4 Å². The van der Waals surface area contributed by atoms with Gasteiger partial charge in [-0.2, -0.15) is 5.10 Å². The highest BCUT2D eigenvalue weighted by molar-refractivity contribution is 7.17. The van der Waals surface area contributed by atoms with Crippen molar-refractivity contribution in [3.8, 4) is 5.75 Å². The average Bonchev–Trinajstić information content (AvgIpc) is 3.43. The van der Waals surface area contributed by atoms with Gasteiger partial charge in [0, 0.05) is 24.4 Å². The first kappa shape index (κ1) is 18.5. The zero-order chi connectivity index (χ0) is 19.7. The summed E-state index contributed by atoms with van der Waals surface area (Å²) in [5.74, 6) is 0.555. The Balaban J connectivity index is 1.44. The molecule has 3 heterocycles. The first-order chi connectivity index (χ1) is 13.5. The van der Waals surface area contributed by atoms with E-state index >= 15 is 0 Å². The molecule has 1 atom stereocenters. The molecular weight excluding hydrogens is 378 g/mol. The standard InChI is InChI=1S/C19H21N5O3S/c1-11-3-4-14(25)12(2)17(11)22-18(26)15-9-20-19(28-15)21-16-5-7-24(23-16)13-6-8-27-10-13/h3-5,7,9,13,25H,6,8,10H2,1-2H3,(H,22,26)(H,20,21,23)/t13-/m0/s1. The third-order valence-corrected chi connectivity index (χ3v) is 5.65. The number of aromatic nitrogens is 3. The van der Waals surface area contributed by atoms with Crippen molar-refractivity contribution in [3.05, 3.63) is 46.6 Å². The molecule has 0 radical (unpaired) electrons. The summed E-state index contributed by atoms with van der Waals surface area (Å²) >= 11 is 1.24. The average molecular weight is 399 g/mol. The number of nitrogens with zero attached hydrogens (tertiary/aromatic N) is 3. The summed E-state index contributed by atoms with van der Waals surface area (Å²) in [6, 6.07) is 5.52. The van der Waals surface area contributed by atoms with Crippen LogP contribution in [0.5, 0.6) is 5.75 Å². The van der Waals surface area contributed by atoms with E-state index in [0.29, 0.717) is 33.7 Å². The van der Waals surface area contributed by atoms with Crippen molar-refractivity contribution in [1.82, 2.24) is 14.8 Å². The van der Waals surface area contributed by atoms with Crippen LogP contribution >= 0.6 is 11.3 Å². The third-order valence-electron chi connectivity index (χ3n) is 4.74. The van der Waals surface area contributed by atoms with Gasteiger partial charge in [-0.3, -0.25) is 9.48 Å². The number of benzene rings is 1. The molecule has 0 spiro atoms. The Morgan fingerprint density at radius 3 is 3.00 bits per heavy atom. The van der Waals surface area contributed by atoms with Crippen molar-refractivity contribution in [2.45, 2.75) is 26.3 Å². The minimum atomic E-state index is -0.268. The monoisotopic (exact) mass is 399 g/mol. The number of hydrogen-bond donors (Lipinski definition) is 3. The molecule has 9 heteroatoms. The van der Waals surface area contributed by atoms with E-state index in [9.17, 15) is 9.90 Å². The van der Waals surface area contributed by atoms with Crippen LogP contribution in [0.2, 0.25) is 0 Å². The molecular formula is C19H21N5O3S. The first-order valence-electron chi connectivity index (χ1n) is 8.97. The van der Waals surface area contributed by atoms with Crippen LogP contribution in [0.15, 0.2) is 30.6 Å². The highest BCUT2D eigenvalue weighted by atomic mass is 32.1. The fourth-order valence-electron chi connectivity index (χ4n) is 3.09. The molecule has 4 rings (SSSR count). The molecule has 1 aliphatic heterocycles. The Kier molecular flexibility index (Phi) is 5.01. The van der Waals surface area contributed by atoms with Gasteiger partial charge in [0.05, 0.1) is 24.5 Å². The zero-order valence-electron chi connectivity index (χ0n) is 15.6. The van der Waals surface area contributed by atoms with Gasteiger partial charge >= 0.3 is 0 Å². The lowest BCUT2D eigenvalue weighted by atomic mass is 10.1. The van der Waals surface area contributed by atoms with Gasteiger partial charge in [0.25, 0.3) is 5.91 Å². The summed E-state index contributed by atoms with van der Waals surface area (Å²) in [4.78, 5) is 17.3. The second-order valence-corrected chi connectivity index (χ2v) is 7.74. The van der Waals surface area contributed by atoms with E-state index in [1.807, 2.05) is 23.9 Å². The summed E-state index contributed by atoms with van der Waals surface area (Å²) in [7, 11) is 0. The highest BCUT2D eigenvalue weighted by Gasteiger charge is 2.19. The number of thiazole rings is 1. The minimum Gasteiger partial charge on any atom is -0.508 e. The van der Waals surface area contributed by atoms with Gasteiger partial charge in [0.2, 0.25) is 0 Å². The number of amides is 1. The van der Waals surface area contributed by atoms with Crippen LogP contribution in [0.1, 0.15) is 33.3 Å². The number of phenolic OH excluding ortho intramolecular Hbond substituents is 1. The number of phenols is 1. The van der Waals surface area contributed by atoms with Crippen molar-refractivity contribution in [2.75, 3.05) is 23.8 Å². The lowest BCUT2D eigenvalue weighted by Gasteiger charge is -2.11. The number of aromatic hydroxyl groups is 1. The van der Waals surface area contributed by atoms with Crippen LogP contribution in [0.25, 0.3) is 0 Å². The first-order valence-corrected chi connectivity index (χ1v) is 9.79. The lowest BCUT2D eigenvalue weighted by Crippen LogP contribution is -2.12. The number of carbonyl (C=O) groups excluding carboxylic acids is 1. The molecule has 1 aliphatic rings. The Labute approximate surface area is 166 Å². The molecule has 0 aliphatic carbocycles. The van der Waals surface area contributed by atoms with Crippen LogP contribution in [-0.4, -0.2) is 39.0 Å². The van der Waals surface area contributed by atoms with Gasteiger partial charge in [0.1, 0.15) is 10.6 Å². The van der Waals surface area contributed by atoms with E-state index in [4.69, 9.17) is 4.74 Å². The summed E-state index contributed by atoms with van der Waals surface area (Å²) in [5.41, 5.74) is 2.14. The van der Waals surface area contributed by atoms with Crippen LogP contribution in [0, 0.1) is 13.8 Å². The molecule has 1 amide bonds. The molecule has 3 aromatic rings.